The van der Waals surface area contributed by atoms with Gasteiger partial charge in [-0.1, -0.05) is 16.5 Å². The second kappa shape index (κ2) is 4.72. The number of carbonyl (C=O) groups is 1. The van der Waals surface area contributed by atoms with Gasteiger partial charge >= 0.3 is 0 Å². The molecular weight excluding hydrogens is 292 g/mol. The molecule has 0 atom stereocenters. The third kappa shape index (κ3) is 2.97. The molecular formula is C9H10N4O4S2. The molecule has 0 aliphatic rings. The highest BCUT2D eigenvalue weighted by atomic mass is 32.2. The molecule has 0 saturated heterocycles. The summed E-state index contributed by atoms with van der Waals surface area (Å²) >= 11 is 0.778. The number of hydrogen-bond donors (Lipinski definition) is 2. The van der Waals surface area contributed by atoms with E-state index in [1.165, 1.54) is 13.0 Å². The lowest BCUT2D eigenvalue weighted by Crippen LogP contribution is -2.11. The van der Waals surface area contributed by atoms with Crippen LogP contribution in [0.25, 0.3) is 0 Å². The minimum absolute atomic E-state index is 0.0162. The fourth-order valence-electron chi connectivity index (χ4n) is 1.33. The maximum atomic E-state index is 11.7. The number of aromatic nitrogens is 2. The van der Waals surface area contributed by atoms with E-state index in [1.54, 1.807) is 6.92 Å². The van der Waals surface area contributed by atoms with Gasteiger partial charge in [-0.3, -0.25) is 10.1 Å². The van der Waals surface area contributed by atoms with Crippen LogP contribution in [-0.2, 0) is 10.0 Å². The standard InChI is InChI=1S/C9H10N4O4S2/c1-4-3-6(17-13-4)7(14)12-9-11-5(2)8(18-9)19(10,15)16/h3H,1-2H3,(H2,10,15,16)(H,11,12,14). The van der Waals surface area contributed by atoms with Crippen molar-refractivity contribution in [1.82, 2.24) is 10.1 Å². The number of nitrogens with zero attached hydrogens (tertiary/aromatic N) is 2. The van der Waals surface area contributed by atoms with Crippen LogP contribution in [0.15, 0.2) is 14.8 Å². The largest absolute Gasteiger partial charge is 0.351 e. The van der Waals surface area contributed by atoms with Gasteiger partial charge in [-0.25, -0.2) is 18.5 Å². The Kier molecular flexibility index (Phi) is 3.39. The summed E-state index contributed by atoms with van der Waals surface area (Å²) in [6.45, 7) is 3.16. The Bertz CT molecular complexity index is 731. The number of rotatable bonds is 3. The van der Waals surface area contributed by atoms with Gasteiger partial charge < -0.3 is 4.52 Å². The number of carbonyl (C=O) groups excluding carboxylic acids is 1. The Morgan fingerprint density at radius 2 is 2.16 bits per heavy atom. The molecule has 2 rings (SSSR count). The number of hydrogen-bond acceptors (Lipinski definition) is 7. The average Bonchev–Trinajstić information content (AvgIpc) is 2.84. The summed E-state index contributed by atoms with van der Waals surface area (Å²) in [6, 6.07) is 1.45. The van der Waals surface area contributed by atoms with E-state index < -0.39 is 15.9 Å². The monoisotopic (exact) mass is 302 g/mol. The van der Waals surface area contributed by atoms with Crippen molar-refractivity contribution in [1.29, 1.82) is 0 Å². The highest BCUT2D eigenvalue weighted by molar-refractivity contribution is 7.91. The number of amides is 1. The lowest BCUT2D eigenvalue weighted by molar-refractivity contribution is 0.0988. The van der Waals surface area contributed by atoms with Crippen molar-refractivity contribution in [2.75, 3.05) is 5.32 Å². The van der Waals surface area contributed by atoms with Gasteiger partial charge in [0.25, 0.3) is 5.91 Å². The normalized spacial score (nSPS) is 11.5. The number of nitrogens with two attached hydrogens (primary N) is 1. The first-order valence-corrected chi connectivity index (χ1v) is 7.38. The molecule has 2 aromatic rings. The molecule has 0 radical (unpaired) electrons. The molecule has 0 bridgehead atoms. The lowest BCUT2D eigenvalue weighted by atomic mass is 10.4. The number of sulfonamides is 1. The van der Waals surface area contributed by atoms with Crippen LogP contribution in [0, 0.1) is 13.8 Å². The fraction of sp³-hybridized carbons (Fsp3) is 0.222. The molecule has 2 heterocycles. The average molecular weight is 302 g/mol. The van der Waals surface area contributed by atoms with Crippen molar-refractivity contribution in [2.45, 2.75) is 18.1 Å². The first-order chi connectivity index (χ1) is 8.77. The summed E-state index contributed by atoms with van der Waals surface area (Å²) in [5.41, 5.74) is 0.794. The Hall–Kier alpha value is -1.78. The predicted molar refractivity (Wildman–Crippen MR) is 67.4 cm³/mol. The number of primary sulfonamides is 1. The fourth-order valence-corrected chi connectivity index (χ4v) is 3.18. The Labute approximate surface area is 112 Å². The van der Waals surface area contributed by atoms with E-state index in [-0.39, 0.29) is 20.8 Å². The minimum atomic E-state index is -3.84. The summed E-state index contributed by atoms with van der Waals surface area (Å²) in [7, 11) is -3.84. The van der Waals surface area contributed by atoms with Crippen molar-refractivity contribution < 1.29 is 17.7 Å². The summed E-state index contributed by atoms with van der Waals surface area (Å²) in [5.74, 6) is -0.544. The zero-order valence-electron chi connectivity index (χ0n) is 10.00. The summed E-state index contributed by atoms with van der Waals surface area (Å²) in [4.78, 5) is 15.7. The molecule has 2 aromatic heterocycles. The van der Waals surface area contributed by atoms with E-state index in [0.29, 0.717) is 5.69 Å². The highest BCUT2D eigenvalue weighted by Crippen LogP contribution is 2.26. The number of nitrogens with one attached hydrogen (secondary N) is 1. The molecule has 10 heteroatoms. The smallest absolute Gasteiger partial charge is 0.296 e. The van der Waals surface area contributed by atoms with Gasteiger partial charge in [-0.15, -0.1) is 0 Å². The minimum Gasteiger partial charge on any atom is -0.351 e. The summed E-state index contributed by atoms with van der Waals surface area (Å²) < 4.78 is 27.2. The number of thiazole rings is 1. The van der Waals surface area contributed by atoms with Gasteiger partial charge in [-0.05, 0) is 13.8 Å². The van der Waals surface area contributed by atoms with Gasteiger partial charge in [0.1, 0.15) is 0 Å². The van der Waals surface area contributed by atoms with E-state index in [1.807, 2.05) is 0 Å². The molecule has 102 valence electrons. The molecule has 0 spiro atoms. The highest BCUT2D eigenvalue weighted by Gasteiger charge is 2.20. The van der Waals surface area contributed by atoms with Crippen molar-refractivity contribution in [3.63, 3.8) is 0 Å². The van der Waals surface area contributed by atoms with E-state index in [9.17, 15) is 13.2 Å². The third-order valence-electron chi connectivity index (χ3n) is 2.08. The molecule has 0 unspecified atom stereocenters. The zero-order valence-corrected chi connectivity index (χ0v) is 11.6. The second-order valence-electron chi connectivity index (χ2n) is 3.72. The van der Waals surface area contributed by atoms with E-state index in [4.69, 9.17) is 9.66 Å². The topological polar surface area (TPSA) is 128 Å². The van der Waals surface area contributed by atoms with Crippen LogP contribution in [0.1, 0.15) is 21.9 Å². The Morgan fingerprint density at radius 3 is 2.63 bits per heavy atom. The second-order valence-corrected chi connectivity index (χ2v) is 6.48. The molecule has 1 amide bonds. The molecule has 0 aliphatic carbocycles. The molecule has 0 saturated carbocycles. The van der Waals surface area contributed by atoms with Crippen molar-refractivity contribution in [2.24, 2.45) is 5.14 Å². The molecule has 0 fully saturated rings. The zero-order chi connectivity index (χ0) is 14.2. The summed E-state index contributed by atoms with van der Waals surface area (Å²) in [6.07, 6.45) is 0. The maximum absolute atomic E-state index is 11.7. The van der Waals surface area contributed by atoms with E-state index in [2.05, 4.69) is 15.5 Å². The first-order valence-electron chi connectivity index (χ1n) is 5.02. The Morgan fingerprint density at radius 1 is 1.47 bits per heavy atom. The van der Waals surface area contributed by atoms with Gasteiger partial charge in [0, 0.05) is 6.07 Å². The number of aryl methyl sites for hydroxylation is 2. The molecule has 3 N–H and O–H groups in total. The van der Waals surface area contributed by atoms with Crippen molar-refractivity contribution in [3.05, 3.63) is 23.2 Å². The maximum Gasteiger partial charge on any atom is 0.296 e. The molecule has 19 heavy (non-hydrogen) atoms. The molecule has 0 aliphatic heterocycles. The van der Waals surface area contributed by atoms with Gasteiger partial charge in [0.2, 0.25) is 15.8 Å². The van der Waals surface area contributed by atoms with Crippen LogP contribution in [-0.4, -0.2) is 24.5 Å². The van der Waals surface area contributed by atoms with Crippen LogP contribution in [0.4, 0.5) is 5.13 Å². The summed E-state index contributed by atoms with van der Waals surface area (Å²) in [5, 5.41) is 11.1. The first kappa shape index (κ1) is 13.6. The Balaban J connectivity index is 2.23. The molecule has 0 aromatic carbocycles. The van der Waals surface area contributed by atoms with E-state index >= 15 is 0 Å². The van der Waals surface area contributed by atoms with Crippen LogP contribution in [0.2, 0.25) is 0 Å². The van der Waals surface area contributed by atoms with Crippen molar-refractivity contribution >= 4 is 32.4 Å². The molecule has 8 nitrogen and oxygen atoms in total. The van der Waals surface area contributed by atoms with Gasteiger partial charge in [0.05, 0.1) is 11.4 Å². The van der Waals surface area contributed by atoms with E-state index in [0.717, 1.165) is 11.3 Å². The lowest BCUT2D eigenvalue weighted by Gasteiger charge is -1.95. The van der Waals surface area contributed by atoms with Gasteiger partial charge in [0.15, 0.2) is 9.34 Å². The van der Waals surface area contributed by atoms with Crippen LogP contribution in [0.5, 0.6) is 0 Å². The SMILES string of the molecule is Cc1cc(C(=O)Nc2nc(C)c(S(N)(=O)=O)s2)on1. The van der Waals surface area contributed by atoms with Crippen molar-refractivity contribution in [3.8, 4) is 0 Å². The third-order valence-corrected chi connectivity index (χ3v) is 4.71. The number of anilines is 1. The predicted octanol–water partition coefficient (Wildman–Crippen LogP) is 0.648. The quantitative estimate of drug-likeness (QED) is 0.856. The van der Waals surface area contributed by atoms with Crippen LogP contribution < -0.4 is 10.5 Å². The van der Waals surface area contributed by atoms with Crippen LogP contribution in [0.3, 0.4) is 0 Å². The van der Waals surface area contributed by atoms with Gasteiger partial charge in [-0.2, -0.15) is 0 Å². The van der Waals surface area contributed by atoms with Crippen LogP contribution >= 0.6 is 11.3 Å².